The lowest BCUT2D eigenvalue weighted by molar-refractivity contribution is 0.269. The van der Waals surface area contributed by atoms with Crippen LogP contribution in [0.4, 0.5) is 0 Å². The zero-order valence-corrected chi connectivity index (χ0v) is 4.27. The van der Waals surface area contributed by atoms with E-state index in [9.17, 15) is 0 Å². The van der Waals surface area contributed by atoms with Crippen molar-refractivity contribution in [1.82, 2.24) is 0 Å². The first-order valence-corrected chi connectivity index (χ1v) is 2.14. The zero-order valence-electron chi connectivity index (χ0n) is 4.27. The van der Waals surface area contributed by atoms with Crippen molar-refractivity contribution >= 4 is 0 Å². The van der Waals surface area contributed by atoms with Crippen LogP contribution < -0.4 is 0 Å². The summed E-state index contributed by atoms with van der Waals surface area (Å²) in [5.41, 5.74) is 0. The normalized spacial score (nSPS) is 9.67. The van der Waals surface area contributed by atoms with E-state index in [1.165, 1.54) is 0 Å². The Morgan fingerprint density at radius 1 is 1.67 bits per heavy atom. The Hall–Kier alpha value is -0.460. The Morgan fingerprint density at radius 2 is 2.33 bits per heavy atom. The van der Waals surface area contributed by atoms with Gasteiger partial charge in [0.15, 0.2) is 0 Å². The molecular weight excluding hydrogens is 76.1 g/mol. The van der Waals surface area contributed by atoms with E-state index < -0.39 is 0 Å². The van der Waals surface area contributed by atoms with Gasteiger partial charge >= 0.3 is 0 Å². The molecule has 0 N–H and O–H groups in total. The third-order valence-corrected chi connectivity index (χ3v) is 0.399. The Kier molecular flexibility index (Phi) is 4.19. The van der Waals surface area contributed by atoms with E-state index in [-0.39, 0.29) is 0 Å². The highest BCUT2D eigenvalue weighted by Crippen LogP contribution is 1.71. The van der Waals surface area contributed by atoms with Gasteiger partial charge in [-0.25, -0.2) is 0 Å². The van der Waals surface area contributed by atoms with Crippen molar-refractivity contribution in [3.8, 4) is 0 Å². The summed E-state index contributed by atoms with van der Waals surface area (Å²) in [5.74, 6) is 0. The molecule has 0 aliphatic rings. The largest absolute Gasteiger partial charge is 0.502 e. The van der Waals surface area contributed by atoms with E-state index in [1.807, 2.05) is 19.9 Å². The standard InChI is InChI=1S/C5H10O/c1-3-5-6-4-2/h3,5H,4H2,1-2H3/b5-3+. The molecule has 0 unspecified atom stereocenters. The second kappa shape index (κ2) is 4.54. The summed E-state index contributed by atoms with van der Waals surface area (Å²) in [6.45, 7) is 4.65. The highest BCUT2D eigenvalue weighted by molar-refractivity contribution is 4.63. The molecule has 0 radical (unpaired) electrons. The Bertz CT molecular complexity index is 39.2. The van der Waals surface area contributed by atoms with Gasteiger partial charge in [0, 0.05) is 0 Å². The van der Waals surface area contributed by atoms with Crippen molar-refractivity contribution in [2.45, 2.75) is 13.8 Å². The fourth-order valence-electron chi connectivity index (χ4n) is 0.192. The molecule has 0 fully saturated rings. The summed E-state index contributed by atoms with van der Waals surface area (Å²) in [4.78, 5) is 0. The van der Waals surface area contributed by atoms with Crippen LogP contribution >= 0.6 is 0 Å². The van der Waals surface area contributed by atoms with Gasteiger partial charge in [-0.15, -0.1) is 0 Å². The first-order valence-electron chi connectivity index (χ1n) is 2.14. The van der Waals surface area contributed by atoms with Crippen LogP contribution in [0.5, 0.6) is 0 Å². The van der Waals surface area contributed by atoms with Crippen LogP contribution in [0.3, 0.4) is 0 Å². The second-order valence-corrected chi connectivity index (χ2v) is 0.925. The smallest absolute Gasteiger partial charge is 0.0845 e. The molecule has 0 aromatic heterocycles. The maximum Gasteiger partial charge on any atom is 0.0845 e. The summed E-state index contributed by atoms with van der Waals surface area (Å²) in [7, 11) is 0. The van der Waals surface area contributed by atoms with Gasteiger partial charge in [-0.05, 0) is 13.8 Å². The number of allylic oxidation sites excluding steroid dienone is 1. The number of rotatable bonds is 2. The van der Waals surface area contributed by atoms with Gasteiger partial charge in [0.1, 0.15) is 0 Å². The molecule has 6 heavy (non-hydrogen) atoms. The topological polar surface area (TPSA) is 9.23 Å². The van der Waals surface area contributed by atoms with Crippen molar-refractivity contribution in [2.75, 3.05) is 6.61 Å². The first-order chi connectivity index (χ1) is 2.91. The number of hydrogen-bond acceptors (Lipinski definition) is 1. The van der Waals surface area contributed by atoms with Crippen molar-refractivity contribution in [3.05, 3.63) is 12.3 Å². The van der Waals surface area contributed by atoms with Gasteiger partial charge in [0.2, 0.25) is 0 Å². The summed E-state index contributed by atoms with van der Waals surface area (Å²) in [5, 5.41) is 0. The summed E-state index contributed by atoms with van der Waals surface area (Å²) in [6.07, 6.45) is 3.55. The van der Waals surface area contributed by atoms with Gasteiger partial charge < -0.3 is 4.74 Å². The summed E-state index contributed by atoms with van der Waals surface area (Å²) in [6, 6.07) is 0. The lowest BCUT2D eigenvalue weighted by Gasteiger charge is -1.86. The number of ether oxygens (including phenoxy) is 1. The molecular formula is C5H10O. The minimum absolute atomic E-state index is 0.768. The van der Waals surface area contributed by atoms with E-state index >= 15 is 0 Å². The molecule has 0 aromatic carbocycles. The Morgan fingerprint density at radius 3 is 2.50 bits per heavy atom. The third-order valence-electron chi connectivity index (χ3n) is 0.399. The van der Waals surface area contributed by atoms with Crippen molar-refractivity contribution in [2.24, 2.45) is 0 Å². The van der Waals surface area contributed by atoms with Crippen LogP contribution in [0.15, 0.2) is 12.3 Å². The van der Waals surface area contributed by atoms with Crippen LogP contribution in [-0.4, -0.2) is 6.61 Å². The molecule has 0 aliphatic carbocycles. The van der Waals surface area contributed by atoms with Gasteiger partial charge in [-0.1, -0.05) is 6.08 Å². The highest BCUT2D eigenvalue weighted by atomic mass is 16.5. The van der Waals surface area contributed by atoms with E-state index in [0.29, 0.717) is 0 Å². The van der Waals surface area contributed by atoms with E-state index in [4.69, 9.17) is 4.74 Å². The molecule has 0 bridgehead atoms. The summed E-state index contributed by atoms with van der Waals surface area (Å²) >= 11 is 0. The van der Waals surface area contributed by atoms with Crippen LogP contribution in [-0.2, 0) is 4.74 Å². The second-order valence-electron chi connectivity index (χ2n) is 0.925. The quantitative estimate of drug-likeness (QED) is 0.463. The highest BCUT2D eigenvalue weighted by Gasteiger charge is 1.59. The molecule has 0 amide bonds. The maximum absolute atomic E-state index is 4.80. The monoisotopic (exact) mass is 86.1 g/mol. The molecule has 0 aromatic rings. The molecule has 0 rings (SSSR count). The molecule has 1 nitrogen and oxygen atoms in total. The van der Waals surface area contributed by atoms with Crippen molar-refractivity contribution < 1.29 is 4.74 Å². The van der Waals surface area contributed by atoms with Crippen LogP contribution in [0.1, 0.15) is 13.8 Å². The molecule has 0 saturated heterocycles. The average Bonchev–Trinajstić information content (AvgIpc) is 1.61. The lowest BCUT2D eigenvalue weighted by atomic mass is 10.7. The SMILES string of the molecule is C/C=C/OCC. The van der Waals surface area contributed by atoms with E-state index in [1.54, 1.807) is 6.26 Å². The summed E-state index contributed by atoms with van der Waals surface area (Å²) < 4.78 is 4.80. The van der Waals surface area contributed by atoms with Crippen LogP contribution in [0, 0.1) is 0 Å². The van der Waals surface area contributed by atoms with Gasteiger partial charge in [0.05, 0.1) is 12.9 Å². The molecule has 0 aliphatic heterocycles. The lowest BCUT2D eigenvalue weighted by Crippen LogP contribution is -1.73. The first kappa shape index (κ1) is 5.54. The van der Waals surface area contributed by atoms with Crippen LogP contribution in [0.25, 0.3) is 0 Å². The molecule has 1 heteroatoms. The fraction of sp³-hybridized carbons (Fsp3) is 0.600. The molecule has 0 spiro atoms. The zero-order chi connectivity index (χ0) is 4.83. The maximum atomic E-state index is 4.80. The average molecular weight is 86.1 g/mol. The van der Waals surface area contributed by atoms with Gasteiger partial charge in [-0.2, -0.15) is 0 Å². The molecule has 0 saturated carbocycles. The number of hydrogen-bond donors (Lipinski definition) is 0. The minimum Gasteiger partial charge on any atom is -0.502 e. The Balaban J connectivity index is 2.66. The molecule has 0 atom stereocenters. The predicted molar refractivity (Wildman–Crippen MR) is 26.4 cm³/mol. The minimum atomic E-state index is 0.768. The van der Waals surface area contributed by atoms with Crippen LogP contribution in [0.2, 0.25) is 0 Å². The fourth-order valence-corrected chi connectivity index (χ4v) is 0.192. The van der Waals surface area contributed by atoms with E-state index in [0.717, 1.165) is 6.61 Å². The predicted octanol–water partition coefficient (Wildman–Crippen LogP) is 1.56. The van der Waals surface area contributed by atoms with E-state index in [2.05, 4.69) is 0 Å². The van der Waals surface area contributed by atoms with Crippen molar-refractivity contribution in [1.29, 1.82) is 0 Å². The van der Waals surface area contributed by atoms with Crippen molar-refractivity contribution in [3.63, 3.8) is 0 Å². The van der Waals surface area contributed by atoms with Gasteiger partial charge in [-0.3, -0.25) is 0 Å². The third kappa shape index (κ3) is 3.54. The van der Waals surface area contributed by atoms with Gasteiger partial charge in [0.25, 0.3) is 0 Å². The Labute approximate surface area is 38.6 Å². The molecule has 0 heterocycles. The molecule has 36 valence electrons.